The average molecular weight is 283 g/mol. The Morgan fingerprint density at radius 2 is 2.32 bits per heavy atom. The normalized spacial score (nSPS) is 12.2. The van der Waals surface area contributed by atoms with Crippen LogP contribution in [0.2, 0.25) is 5.02 Å². The summed E-state index contributed by atoms with van der Waals surface area (Å²) < 4.78 is 15.0. The van der Waals surface area contributed by atoms with Gasteiger partial charge in [-0.2, -0.15) is 5.10 Å². The number of nitrogens with one attached hydrogen (secondary N) is 1. The lowest BCUT2D eigenvalue weighted by Crippen LogP contribution is -2.27. The lowest BCUT2D eigenvalue weighted by atomic mass is 10.1. The summed E-state index contributed by atoms with van der Waals surface area (Å²) in [4.78, 5) is 11.9. The van der Waals surface area contributed by atoms with Crippen molar-refractivity contribution in [1.82, 2.24) is 9.78 Å². The molecule has 100 valence electrons. The van der Waals surface area contributed by atoms with Crippen LogP contribution in [-0.4, -0.2) is 15.7 Å². The molecule has 0 saturated heterocycles. The second-order valence-corrected chi connectivity index (χ2v) is 4.47. The second-order valence-electron chi connectivity index (χ2n) is 4.04. The molecular weight excluding hydrogens is 271 g/mol. The minimum atomic E-state index is -0.924. The first-order chi connectivity index (χ1) is 8.97. The number of nitrogens with two attached hydrogens (primary N) is 1. The molecule has 19 heavy (non-hydrogen) atoms. The molecule has 1 unspecified atom stereocenters. The molecule has 1 aromatic heterocycles. The molecule has 0 saturated carbocycles. The van der Waals surface area contributed by atoms with E-state index in [2.05, 4.69) is 10.4 Å². The van der Waals surface area contributed by atoms with Gasteiger partial charge in [0.15, 0.2) is 0 Å². The molecule has 0 aliphatic carbocycles. The molecule has 5 nitrogen and oxygen atoms in total. The van der Waals surface area contributed by atoms with Crippen LogP contribution >= 0.6 is 11.6 Å². The van der Waals surface area contributed by atoms with Crippen molar-refractivity contribution in [1.29, 1.82) is 0 Å². The number of anilines is 1. The molecule has 1 atom stereocenters. The highest BCUT2D eigenvalue weighted by Crippen LogP contribution is 2.21. The van der Waals surface area contributed by atoms with Gasteiger partial charge in [-0.25, -0.2) is 4.39 Å². The number of amides is 1. The molecule has 1 aromatic carbocycles. The van der Waals surface area contributed by atoms with E-state index in [0.717, 1.165) is 0 Å². The molecule has 1 heterocycles. The zero-order valence-electron chi connectivity index (χ0n) is 10.1. The van der Waals surface area contributed by atoms with E-state index in [0.29, 0.717) is 10.6 Å². The zero-order chi connectivity index (χ0) is 14.0. The first-order valence-corrected chi connectivity index (χ1v) is 5.85. The van der Waals surface area contributed by atoms with Crippen molar-refractivity contribution in [2.45, 2.75) is 6.04 Å². The highest BCUT2D eigenvalue weighted by molar-refractivity contribution is 6.30. The van der Waals surface area contributed by atoms with Gasteiger partial charge in [0.05, 0.1) is 11.9 Å². The summed E-state index contributed by atoms with van der Waals surface area (Å²) in [6.45, 7) is 0. The van der Waals surface area contributed by atoms with Crippen molar-refractivity contribution in [3.05, 3.63) is 47.0 Å². The van der Waals surface area contributed by atoms with Gasteiger partial charge in [-0.05, 0) is 18.2 Å². The Morgan fingerprint density at radius 3 is 2.95 bits per heavy atom. The summed E-state index contributed by atoms with van der Waals surface area (Å²) in [6.07, 6.45) is 3.11. The van der Waals surface area contributed by atoms with Crippen LogP contribution in [-0.2, 0) is 11.8 Å². The standard InChI is InChI=1S/C12H12ClFN4O/c1-18-6-7(5-16-18)11(15)12(19)17-10-4-8(13)2-3-9(10)14/h2-6,11H,15H2,1H3,(H,17,19). The van der Waals surface area contributed by atoms with Crippen molar-refractivity contribution in [2.24, 2.45) is 12.8 Å². The predicted octanol–water partition coefficient (Wildman–Crippen LogP) is 1.85. The Bertz CT molecular complexity index is 614. The fourth-order valence-electron chi connectivity index (χ4n) is 1.56. The van der Waals surface area contributed by atoms with E-state index < -0.39 is 17.8 Å². The van der Waals surface area contributed by atoms with Gasteiger partial charge in [0.25, 0.3) is 0 Å². The van der Waals surface area contributed by atoms with E-state index in [9.17, 15) is 9.18 Å². The molecule has 1 amide bonds. The molecule has 7 heteroatoms. The quantitative estimate of drug-likeness (QED) is 0.902. The van der Waals surface area contributed by atoms with Gasteiger partial charge in [0.2, 0.25) is 5.91 Å². The number of hydrogen-bond donors (Lipinski definition) is 2. The lowest BCUT2D eigenvalue weighted by Gasteiger charge is -2.11. The predicted molar refractivity (Wildman–Crippen MR) is 70.2 cm³/mol. The van der Waals surface area contributed by atoms with Crippen LogP contribution in [0, 0.1) is 5.82 Å². The number of carbonyl (C=O) groups excluding carboxylic acids is 1. The lowest BCUT2D eigenvalue weighted by molar-refractivity contribution is -0.117. The van der Waals surface area contributed by atoms with Crippen molar-refractivity contribution in [2.75, 3.05) is 5.32 Å². The third-order valence-electron chi connectivity index (χ3n) is 2.55. The Morgan fingerprint density at radius 1 is 1.58 bits per heavy atom. The highest BCUT2D eigenvalue weighted by atomic mass is 35.5. The number of halogens is 2. The Kier molecular flexibility index (Phi) is 3.82. The zero-order valence-corrected chi connectivity index (χ0v) is 10.9. The van der Waals surface area contributed by atoms with Gasteiger partial charge in [-0.15, -0.1) is 0 Å². The van der Waals surface area contributed by atoms with Crippen molar-refractivity contribution in [3.8, 4) is 0 Å². The molecule has 0 radical (unpaired) electrons. The number of aryl methyl sites for hydroxylation is 1. The second kappa shape index (κ2) is 5.38. The van der Waals surface area contributed by atoms with Crippen LogP contribution in [0.4, 0.5) is 10.1 Å². The van der Waals surface area contributed by atoms with Gasteiger partial charge in [-0.3, -0.25) is 9.48 Å². The summed E-state index contributed by atoms with van der Waals surface area (Å²) in [7, 11) is 1.71. The van der Waals surface area contributed by atoms with Crippen LogP contribution in [0.1, 0.15) is 11.6 Å². The third-order valence-corrected chi connectivity index (χ3v) is 2.79. The third kappa shape index (κ3) is 3.10. The van der Waals surface area contributed by atoms with Crippen LogP contribution in [0.5, 0.6) is 0 Å². The van der Waals surface area contributed by atoms with Crippen LogP contribution in [0.15, 0.2) is 30.6 Å². The maximum Gasteiger partial charge on any atom is 0.246 e. The van der Waals surface area contributed by atoms with Gasteiger partial charge in [-0.1, -0.05) is 11.6 Å². The molecule has 2 aromatic rings. The van der Waals surface area contributed by atoms with E-state index >= 15 is 0 Å². The van der Waals surface area contributed by atoms with Gasteiger partial charge >= 0.3 is 0 Å². The molecule has 0 aliphatic heterocycles. The summed E-state index contributed by atoms with van der Waals surface area (Å²) in [6, 6.07) is 2.97. The highest BCUT2D eigenvalue weighted by Gasteiger charge is 2.18. The maximum absolute atomic E-state index is 13.5. The van der Waals surface area contributed by atoms with Crippen LogP contribution < -0.4 is 11.1 Å². The number of nitrogens with zero attached hydrogens (tertiary/aromatic N) is 2. The van der Waals surface area contributed by atoms with Crippen molar-refractivity contribution >= 4 is 23.2 Å². The Labute approximate surface area is 114 Å². The molecule has 0 bridgehead atoms. The van der Waals surface area contributed by atoms with Gasteiger partial charge in [0.1, 0.15) is 11.9 Å². The van der Waals surface area contributed by atoms with E-state index in [1.165, 1.54) is 29.1 Å². The van der Waals surface area contributed by atoms with Crippen molar-refractivity contribution < 1.29 is 9.18 Å². The minimum Gasteiger partial charge on any atom is -0.322 e. The number of benzene rings is 1. The molecule has 2 rings (SSSR count). The van der Waals surface area contributed by atoms with Gasteiger partial charge < -0.3 is 11.1 Å². The molecule has 0 spiro atoms. The Balaban J connectivity index is 2.14. The largest absolute Gasteiger partial charge is 0.322 e. The first-order valence-electron chi connectivity index (χ1n) is 5.47. The summed E-state index contributed by atoms with van der Waals surface area (Å²) in [5.74, 6) is -1.11. The topological polar surface area (TPSA) is 72.9 Å². The monoisotopic (exact) mass is 282 g/mol. The fourth-order valence-corrected chi connectivity index (χ4v) is 1.73. The maximum atomic E-state index is 13.5. The van der Waals surface area contributed by atoms with Crippen LogP contribution in [0.3, 0.4) is 0 Å². The fraction of sp³-hybridized carbons (Fsp3) is 0.167. The molecule has 3 N–H and O–H groups in total. The van der Waals surface area contributed by atoms with E-state index in [1.807, 2.05) is 0 Å². The van der Waals surface area contributed by atoms with Gasteiger partial charge in [0, 0.05) is 23.8 Å². The number of hydrogen-bond acceptors (Lipinski definition) is 3. The molecule has 0 fully saturated rings. The van der Waals surface area contributed by atoms with E-state index in [4.69, 9.17) is 17.3 Å². The Hall–Kier alpha value is -1.92. The first kappa shape index (κ1) is 13.5. The number of carbonyl (C=O) groups is 1. The number of rotatable bonds is 3. The SMILES string of the molecule is Cn1cc(C(N)C(=O)Nc2cc(Cl)ccc2F)cn1. The van der Waals surface area contributed by atoms with Crippen LogP contribution in [0.25, 0.3) is 0 Å². The van der Waals surface area contributed by atoms with E-state index in [1.54, 1.807) is 13.2 Å². The van der Waals surface area contributed by atoms with Crippen molar-refractivity contribution in [3.63, 3.8) is 0 Å². The summed E-state index contributed by atoms with van der Waals surface area (Å²) >= 11 is 5.74. The molecular formula is C12H12ClFN4O. The smallest absolute Gasteiger partial charge is 0.246 e. The number of aromatic nitrogens is 2. The van der Waals surface area contributed by atoms with E-state index in [-0.39, 0.29) is 5.69 Å². The molecule has 0 aliphatic rings. The average Bonchev–Trinajstić information content (AvgIpc) is 2.79. The minimum absolute atomic E-state index is 0.00293. The summed E-state index contributed by atoms with van der Waals surface area (Å²) in [5.41, 5.74) is 6.31. The summed E-state index contributed by atoms with van der Waals surface area (Å²) in [5, 5.41) is 6.64.